The summed E-state index contributed by atoms with van der Waals surface area (Å²) in [5.41, 5.74) is 0. The predicted molar refractivity (Wildman–Crippen MR) is 45.6 cm³/mol. The van der Waals surface area contributed by atoms with Crippen LogP contribution in [0.1, 0.15) is 39.0 Å². The molecule has 1 heterocycles. The van der Waals surface area contributed by atoms with E-state index in [1.54, 1.807) is 0 Å². The maximum Gasteiger partial charge on any atom is 0.157 e. The molecular weight excluding hydrogens is 156 g/mol. The number of hydrogen-bond donors (Lipinski definition) is 2. The van der Waals surface area contributed by atoms with E-state index < -0.39 is 6.29 Å². The molecule has 3 nitrogen and oxygen atoms in total. The Balaban J connectivity index is 2.24. The van der Waals surface area contributed by atoms with Crippen molar-refractivity contribution < 1.29 is 14.9 Å². The molecule has 1 aliphatic heterocycles. The molecule has 0 aromatic heterocycles. The minimum Gasteiger partial charge on any atom is -0.393 e. The summed E-state index contributed by atoms with van der Waals surface area (Å²) in [4.78, 5) is 0. The molecule has 0 aromatic rings. The normalized spacial score (nSPS) is 36.8. The van der Waals surface area contributed by atoms with Crippen LogP contribution in [0, 0.1) is 0 Å². The summed E-state index contributed by atoms with van der Waals surface area (Å²) < 4.78 is 5.25. The highest BCUT2D eigenvalue weighted by Crippen LogP contribution is 2.21. The van der Waals surface area contributed by atoms with Gasteiger partial charge in [0.15, 0.2) is 6.29 Å². The van der Waals surface area contributed by atoms with Crippen LogP contribution in [0.15, 0.2) is 0 Å². The Kier molecular flexibility index (Phi) is 3.98. The summed E-state index contributed by atoms with van der Waals surface area (Å²) >= 11 is 0. The van der Waals surface area contributed by atoms with Crippen molar-refractivity contribution in [3.8, 4) is 0 Å². The van der Waals surface area contributed by atoms with Gasteiger partial charge in [0, 0.05) is 6.42 Å². The molecule has 72 valence electrons. The summed E-state index contributed by atoms with van der Waals surface area (Å²) in [5.74, 6) is 0. The number of rotatable bonds is 3. The van der Waals surface area contributed by atoms with Gasteiger partial charge in [0.2, 0.25) is 0 Å². The van der Waals surface area contributed by atoms with Gasteiger partial charge < -0.3 is 14.9 Å². The molecule has 0 bridgehead atoms. The van der Waals surface area contributed by atoms with Crippen LogP contribution in [0.5, 0.6) is 0 Å². The van der Waals surface area contributed by atoms with Crippen LogP contribution in [-0.2, 0) is 4.74 Å². The summed E-state index contributed by atoms with van der Waals surface area (Å²) in [6, 6.07) is 0. The van der Waals surface area contributed by atoms with E-state index in [1.807, 2.05) is 0 Å². The molecule has 0 aromatic carbocycles. The van der Waals surface area contributed by atoms with Crippen LogP contribution in [0.4, 0.5) is 0 Å². The second kappa shape index (κ2) is 4.80. The first-order valence-corrected chi connectivity index (χ1v) is 4.74. The van der Waals surface area contributed by atoms with E-state index in [0.29, 0.717) is 12.8 Å². The second-order valence-corrected chi connectivity index (χ2v) is 3.48. The second-order valence-electron chi connectivity index (χ2n) is 3.48. The Bertz CT molecular complexity index is 117. The number of ether oxygens (including phenoxy) is 1. The Morgan fingerprint density at radius 2 is 2.08 bits per heavy atom. The average Bonchev–Trinajstić information content (AvgIpc) is 1.99. The van der Waals surface area contributed by atoms with E-state index in [1.165, 1.54) is 0 Å². The molecule has 0 spiro atoms. The van der Waals surface area contributed by atoms with Gasteiger partial charge >= 0.3 is 0 Å². The van der Waals surface area contributed by atoms with E-state index in [0.717, 1.165) is 19.3 Å². The lowest BCUT2D eigenvalue weighted by Gasteiger charge is -2.30. The zero-order chi connectivity index (χ0) is 8.97. The van der Waals surface area contributed by atoms with Crippen molar-refractivity contribution >= 4 is 0 Å². The Morgan fingerprint density at radius 3 is 2.67 bits per heavy atom. The molecular formula is C9H18O3. The quantitative estimate of drug-likeness (QED) is 0.672. The third kappa shape index (κ3) is 3.09. The van der Waals surface area contributed by atoms with Crippen LogP contribution in [0.2, 0.25) is 0 Å². The first-order valence-electron chi connectivity index (χ1n) is 4.74. The molecule has 3 heteroatoms. The van der Waals surface area contributed by atoms with Crippen molar-refractivity contribution in [3.05, 3.63) is 0 Å². The van der Waals surface area contributed by atoms with Gasteiger partial charge in [-0.15, -0.1) is 0 Å². The monoisotopic (exact) mass is 174 g/mol. The minimum absolute atomic E-state index is 0.0590. The van der Waals surface area contributed by atoms with E-state index in [-0.39, 0.29) is 12.2 Å². The Morgan fingerprint density at radius 1 is 1.33 bits per heavy atom. The molecule has 1 rings (SSSR count). The lowest BCUT2D eigenvalue weighted by molar-refractivity contribution is -0.190. The van der Waals surface area contributed by atoms with E-state index in [2.05, 4.69) is 6.92 Å². The van der Waals surface area contributed by atoms with Crippen molar-refractivity contribution in [3.63, 3.8) is 0 Å². The molecule has 0 amide bonds. The molecule has 0 radical (unpaired) electrons. The molecule has 0 aliphatic carbocycles. The molecule has 2 N–H and O–H groups in total. The van der Waals surface area contributed by atoms with E-state index in [4.69, 9.17) is 9.84 Å². The zero-order valence-electron chi connectivity index (χ0n) is 7.57. The largest absolute Gasteiger partial charge is 0.393 e. The van der Waals surface area contributed by atoms with E-state index >= 15 is 0 Å². The highest BCUT2D eigenvalue weighted by Gasteiger charge is 2.26. The highest BCUT2D eigenvalue weighted by atomic mass is 16.6. The fraction of sp³-hybridized carbons (Fsp3) is 1.00. The average molecular weight is 174 g/mol. The van der Waals surface area contributed by atoms with E-state index in [9.17, 15) is 5.11 Å². The maximum absolute atomic E-state index is 9.31. The molecule has 0 saturated carbocycles. The standard InChI is InChI=1S/C9H18O3/c1-2-3-4-8-5-7(10)6-9(11)12-8/h7-11H,2-6H2,1H3/t7?,8?,9-/m1/s1. The summed E-state index contributed by atoms with van der Waals surface area (Å²) in [6.07, 6.45) is 3.15. The van der Waals surface area contributed by atoms with Gasteiger partial charge in [0.1, 0.15) is 0 Å². The van der Waals surface area contributed by atoms with Crippen molar-refractivity contribution in [2.75, 3.05) is 0 Å². The fourth-order valence-electron chi connectivity index (χ4n) is 1.58. The molecule has 12 heavy (non-hydrogen) atoms. The first-order chi connectivity index (χ1) is 5.72. The topological polar surface area (TPSA) is 49.7 Å². The molecule has 2 unspecified atom stereocenters. The predicted octanol–water partition coefficient (Wildman–Crippen LogP) is 1.03. The molecule has 1 fully saturated rings. The molecule has 1 saturated heterocycles. The summed E-state index contributed by atoms with van der Waals surface area (Å²) in [5, 5.41) is 18.5. The maximum atomic E-state index is 9.31. The van der Waals surface area contributed by atoms with Crippen LogP contribution in [-0.4, -0.2) is 28.7 Å². The lowest BCUT2D eigenvalue weighted by atomic mass is 10.0. The zero-order valence-corrected chi connectivity index (χ0v) is 7.57. The van der Waals surface area contributed by atoms with Gasteiger partial charge in [-0.1, -0.05) is 19.8 Å². The van der Waals surface area contributed by atoms with Gasteiger partial charge in [-0.2, -0.15) is 0 Å². The van der Waals surface area contributed by atoms with Crippen molar-refractivity contribution in [2.24, 2.45) is 0 Å². The van der Waals surface area contributed by atoms with Gasteiger partial charge in [0.05, 0.1) is 12.2 Å². The third-order valence-electron chi connectivity index (χ3n) is 2.24. The van der Waals surface area contributed by atoms with Crippen LogP contribution in [0.3, 0.4) is 0 Å². The fourth-order valence-corrected chi connectivity index (χ4v) is 1.58. The number of unbranched alkanes of at least 4 members (excludes halogenated alkanes) is 1. The van der Waals surface area contributed by atoms with Crippen molar-refractivity contribution in [1.82, 2.24) is 0 Å². The van der Waals surface area contributed by atoms with Crippen LogP contribution < -0.4 is 0 Å². The molecule has 1 aliphatic rings. The Hall–Kier alpha value is -0.120. The van der Waals surface area contributed by atoms with Crippen LogP contribution >= 0.6 is 0 Å². The number of aliphatic hydroxyl groups is 2. The van der Waals surface area contributed by atoms with Crippen molar-refractivity contribution in [1.29, 1.82) is 0 Å². The van der Waals surface area contributed by atoms with Crippen molar-refractivity contribution in [2.45, 2.75) is 57.5 Å². The smallest absolute Gasteiger partial charge is 0.157 e. The SMILES string of the molecule is CCCCC1CC(O)C[C@H](O)O1. The lowest BCUT2D eigenvalue weighted by Crippen LogP contribution is -2.35. The highest BCUT2D eigenvalue weighted by molar-refractivity contribution is 4.72. The van der Waals surface area contributed by atoms with Crippen LogP contribution in [0.25, 0.3) is 0 Å². The van der Waals surface area contributed by atoms with Gasteiger partial charge in [-0.05, 0) is 12.8 Å². The Labute approximate surface area is 73.4 Å². The molecule has 3 atom stereocenters. The first kappa shape index (κ1) is 9.96. The van der Waals surface area contributed by atoms with Gasteiger partial charge in [-0.25, -0.2) is 0 Å². The number of aliphatic hydroxyl groups excluding tert-OH is 2. The number of hydrogen-bond acceptors (Lipinski definition) is 3. The van der Waals surface area contributed by atoms with Gasteiger partial charge in [-0.3, -0.25) is 0 Å². The summed E-state index contributed by atoms with van der Waals surface area (Å²) in [7, 11) is 0. The van der Waals surface area contributed by atoms with Gasteiger partial charge in [0.25, 0.3) is 0 Å². The third-order valence-corrected chi connectivity index (χ3v) is 2.24. The summed E-state index contributed by atoms with van der Waals surface area (Å²) in [6.45, 7) is 2.12. The minimum atomic E-state index is -0.754.